The van der Waals surface area contributed by atoms with E-state index in [1.165, 1.54) is 10.5 Å². The van der Waals surface area contributed by atoms with Crippen molar-refractivity contribution in [1.82, 2.24) is 5.32 Å². The second-order valence-electron chi connectivity index (χ2n) is 3.56. The first-order chi connectivity index (χ1) is 7.17. The molecule has 0 fully saturated rings. The lowest BCUT2D eigenvalue weighted by Gasteiger charge is -2.17. The largest absolute Gasteiger partial charge is 0.309 e. The fourth-order valence-electron chi connectivity index (χ4n) is 1.47. The Morgan fingerprint density at radius 3 is 2.73 bits per heavy atom. The number of halogens is 1. The molecule has 15 heavy (non-hydrogen) atoms. The molecule has 1 heterocycles. The molecule has 1 rings (SSSR count). The molecule has 3 heteroatoms. The van der Waals surface area contributed by atoms with Crippen LogP contribution in [0.5, 0.6) is 0 Å². The van der Waals surface area contributed by atoms with Gasteiger partial charge < -0.3 is 5.32 Å². The molecule has 1 atom stereocenters. The van der Waals surface area contributed by atoms with E-state index in [1.54, 1.807) is 11.3 Å². The van der Waals surface area contributed by atoms with Crippen LogP contribution in [0.1, 0.15) is 37.6 Å². The number of thiophene rings is 1. The van der Waals surface area contributed by atoms with E-state index in [9.17, 15) is 0 Å². The minimum absolute atomic E-state index is 0.375. The van der Waals surface area contributed by atoms with Gasteiger partial charge in [0.05, 0.1) is 4.34 Å². The molecule has 1 unspecified atom stereocenters. The van der Waals surface area contributed by atoms with Crippen molar-refractivity contribution >= 4 is 22.9 Å². The lowest BCUT2D eigenvalue weighted by Crippen LogP contribution is -2.20. The van der Waals surface area contributed by atoms with Crippen LogP contribution in [0.2, 0.25) is 4.34 Å². The van der Waals surface area contributed by atoms with Crippen LogP contribution in [0.15, 0.2) is 24.3 Å². The highest BCUT2D eigenvalue weighted by Crippen LogP contribution is 2.30. The second kappa shape index (κ2) is 6.31. The number of hydrogen-bond acceptors (Lipinski definition) is 2. The Morgan fingerprint density at radius 2 is 2.27 bits per heavy atom. The molecule has 0 aliphatic heterocycles. The summed E-state index contributed by atoms with van der Waals surface area (Å²) in [6.07, 6.45) is 2.04. The predicted octanol–water partition coefficient (Wildman–Crippen LogP) is 4.41. The third kappa shape index (κ3) is 3.98. The van der Waals surface area contributed by atoms with E-state index >= 15 is 0 Å². The summed E-state index contributed by atoms with van der Waals surface area (Å²) < 4.78 is 0.856. The zero-order chi connectivity index (χ0) is 11.3. The van der Waals surface area contributed by atoms with Crippen LogP contribution in [0, 0.1) is 0 Å². The minimum atomic E-state index is 0.375. The second-order valence-corrected chi connectivity index (χ2v) is 5.31. The van der Waals surface area contributed by atoms with E-state index in [0.29, 0.717) is 6.04 Å². The van der Waals surface area contributed by atoms with E-state index in [2.05, 4.69) is 31.8 Å². The standard InChI is InChI=1S/C12H18ClNS/c1-4-9(3)8-10(14-5-2)11-6-7-12(13)15-11/h6-7,10,14H,3-5,8H2,1-2H3. The Hall–Kier alpha value is -0.310. The van der Waals surface area contributed by atoms with E-state index < -0.39 is 0 Å². The fraction of sp³-hybridized carbons (Fsp3) is 0.500. The third-order valence-corrected chi connectivity index (χ3v) is 3.73. The van der Waals surface area contributed by atoms with E-state index in [-0.39, 0.29) is 0 Å². The predicted molar refractivity (Wildman–Crippen MR) is 69.8 cm³/mol. The molecule has 0 radical (unpaired) electrons. The van der Waals surface area contributed by atoms with Gasteiger partial charge in [-0.05, 0) is 31.5 Å². The topological polar surface area (TPSA) is 12.0 Å². The van der Waals surface area contributed by atoms with Crippen LogP contribution >= 0.6 is 22.9 Å². The van der Waals surface area contributed by atoms with Crippen LogP contribution in [-0.4, -0.2) is 6.54 Å². The van der Waals surface area contributed by atoms with Crippen molar-refractivity contribution in [2.24, 2.45) is 0 Å². The first kappa shape index (κ1) is 12.8. The van der Waals surface area contributed by atoms with Gasteiger partial charge in [-0.2, -0.15) is 0 Å². The Labute approximate surface area is 101 Å². The molecular formula is C12H18ClNS. The van der Waals surface area contributed by atoms with Crippen molar-refractivity contribution in [3.05, 3.63) is 33.5 Å². The first-order valence-electron chi connectivity index (χ1n) is 5.32. The van der Waals surface area contributed by atoms with E-state index in [1.807, 2.05) is 6.07 Å². The molecule has 0 amide bonds. The molecule has 0 aliphatic rings. The van der Waals surface area contributed by atoms with Crippen LogP contribution in [0.25, 0.3) is 0 Å². The van der Waals surface area contributed by atoms with Crippen LogP contribution in [-0.2, 0) is 0 Å². The van der Waals surface area contributed by atoms with Crippen LogP contribution in [0.4, 0.5) is 0 Å². The molecule has 0 aliphatic carbocycles. The summed E-state index contributed by atoms with van der Waals surface area (Å²) in [5.41, 5.74) is 1.28. The number of nitrogens with one attached hydrogen (secondary N) is 1. The molecule has 1 aromatic rings. The Morgan fingerprint density at radius 1 is 1.53 bits per heavy atom. The minimum Gasteiger partial charge on any atom is -0.309 e. The van der Waals surface area contributed by atoms with Gasteiger partial charge in [-0.25, -0.2) is 0 Å². The molecule has 0 spiro atoms. The van der Waals surface area contributed by atoms with Gasteiger partial charge in [0, 0.05) is 10.9 Å². The van der Waals surface area contributed by atoms with Gasteiger partial charge in [0.1, 0.15) is 0 Å². The third-order valence-electron chi connectivity index (χ3n) is 2.38. The normalized spacial score (nSPS) is 12.7. The van der Waals surface area contributed by atoms with Gasteiger partial charge >= 0.3 is 0 Å². The SMILES string of the molecule is C=C(CC)CC(NCC)c1ccc(Cl)s1. The zero-order valence-corrected chi connectivity index (χ0v) is 10.9. The maximum atomic E-state index is 5.94. The summed E-state index contributed by atoms with van der Waals surface area (Å²) in [5.74, 6) is 0. The smallest absolute Gasteiger partial charge is 0.0931 e. The highest BCUT2D eigenvalue weighted by molar-refractivity contribution is 7.16. The molecule has 1 N–H and O–H groups in total. The number of hydrogen-bond donors (Lipinski definition) is 1. The van der Waals surface area contributed by atoms with Crippen molar-refractivity contribution in [3.8, 4) is 0 Å². The summed E-state index contributed by atoms with van der Waals surface area (Å²) in [6.45, 7) is 9.30. The molecular weight excluding hydrogens is 226 g/mol. The van der Waals surface area contributed by atoms with Crippen LogP contribution < -0.4 is 5.32 Å². The van der Waals surface area contributed by atoms with Crippen molar-refractivity contribution in [2.75, 3.05) is 6.54 Å². The lowest BCUT2D eigenvalue weighted by molar-refractivity contribution is 0.551. The van der Waals surface area contributed by atoms with Gasteiger partial charge in [-0.15, -0.1) is 11.3 Å². The molecule has 1 nitrogen and oxygen atoms in total. The molecule has 0 saturated heterocycles. The highest BCUT2D eigenvalue weighted by atomic mass is 35.5. The number of rotatable bonds is 6. The van der Waals surface area contributed by atoms with Gasteiger partial charge in [0.2, 0.25) is 0 Å². The quantitative estimate of drug-likeness (QED) is 0.730. The molecule has 1 aromatic heterocycles. The Balaban J connectivity index is 2.69. The molecule has 84 valence electrons. The van der Waals surface area contributed by atoms with Crippen molar-refractivity contribution in [3.63, 3.8) is 0 Å². The van der Waals surface area contributed by atoms with Crippen molar-refractivity contribution in [1.29, 1.82) is 0 Å². The fourth-order valence-corrected chi connectivity index (χ4v) is 2.60. The van der Waals surface area contributed by atoms with Gasteiger partial charge in [0.25, 0.3) is 0 Å². The summed E-state index contributed by atoms with van der Waals surface area (Å²) >= 11 is 7.59. The summed E-state index contributed by atoms with van der Waals surface area (Å²) in [6, 6.07) is 4.43. The lowest BCUT2D eigenvalue weighted by atomic mass is 10.0. The molecule has 0 saturated carbocycles. The zero-order valence-electron chi connectivity index (χ0n) is 9.35. The summed E-state index contributed by atoms with van der Waals surface area (Å²) in [5, 5.41) is 3.47. The van der Waals surface area contributed by atoms with Gasteiger partial charge in [0.15, 0.2) is 0 Å². The maximum Gasteiger partial charge on any atom is 0.0931 e. The Bertz CT molecular complexity index is 319. The average Bonchev–Trinajstić information content (AvgIpc) is 2.64. The highest BCUT2D eigenvalue weighted by Gasteiger charge is 2.13. The van der Waals surface area contributed by atoms with E-state index in [0.717, 1.165) is 23.7 Å². The first-order valence-corrected chi connectivity index (χ1v) is 6.52. The average molecular weight is 244 g/mol. The maximum absolute atomic E-state index is 5.94. The van der Waals surface area contributed by atoms with Gasteiger partial charge in [-0.1, -0.05) is 37.6 Å². The monoisotopic (exact) mass is 243 g/mol. The van der Waals surface area contributed by atoms with Crippen LogP contribution in [0.3, 0.4) is 0 Å². The molecule has 0 bridgehead atoms. The van der Waals surface area contributed by atoms with Gasteiger partial charge in [-0.3, -0.25) is 0 Å². The van der Waals surface area contributed by atoms with Crippen molar-refractivity contribution in [2.45, 2.75) is 32.7 Å². The van der Waals surface area contributed by atoms with E-state index in [4.69, 9.17) is 11.6 Å². The molecule has 0 aromatic carbocycles. The summed E-state index contributed by atoms with van der Waals surface area (Å²) in [7, 11) is 0. The summed E-state index contributed by atoms with van der Waals surface area (Å²) in [4.78, 5) is 1.30. The Kier molecular flexibility index (Phi) is 5.37. The van der Waals surface area contributed by atoms with Crippen molar-refractivity contribution < 1.29 is 0 Å².